The number of methoxy groups -OCH3 is 1. The van der Waals surface area contributed by atoms with Gasteiger partial charge in [-0.2, -0.15) is 0 Å². The van der Waals surface area contributed by atoms with Crippen molar-refractivity contribution in [2.45, 2.75) is 13.0 Å². The van der Waals surface area contributed by atoms with E-state index < -0.39 is 17.9 Å². The number of aromatic nitrogens is 2. The average molecular weight is 391 g/mol. The molecule has 29 heavy (non-hydrogen) atoms. The largest absolute Gasteiger partial charge is 0.467 e. The van der Waals surface area contributed by atoms with Crippen molar-refractivity contribution in [2.75, 3.05) is 7.11 Å². The van der Waals surface area contributed by atoms with Crippen molar-refractivity contribution in [3.8, 4) is 11.3 Å². The molecule has 1 atom stereocenters. The monoisotopic (exact) mass is 391 g/mol. The number of carbonyl (C=O) groups excluding carboxylic acids is 2. The summed E-state index contributed by atoms with van der Waals surface area (Å²) in [4.78, 5) is 32.3. The van der Waals surface area contributed by atoms with Gasteiger partial charge in [-0.3, -0.25) is 4.79 Å². The Kier molecular flexibility index (Phi) is 4.72. The van der Waals surface area contributed by atoms with Crippen molar-refractivity contribution in [1.82, 2.24) is 15.3 Å². The minimum atomic E-state index is -0.817. The highest BCUT2D eigenvalue weighted by Crippen LogP contribution is 2.32. The fraction of sp³-hybridized carbons (Fsp3) is 0.136. The van der Waals surface area contributed by atoms with Gasteiger partial charge in [0.2, 0.25) is 0 Å². The molecule has 0 saturated carbocycles. The van der Waals surface area contributed by atoms with Crippen LogP contribution >= 0.6 is 0 Å². The Hall–Kier alpha value is -3.74. The fourth-order valence-corrected chi connectivity index (χ4v) is 3.28. The number of carbonyl (C=O) groups is 2. The number of para-hydroxylation sites is 1. The summed E-state index contributed by atoms with van der Waals surface area (Å²) in [6.45, 7) is 1.54. The van der Waals surface area contributed by atoms with E-state index in [2.05, 4.69) is 20.0 Å². The zero-order valence-electron chi connectivity index (χ0n) is 15.8. The van der Waals surface area contributed by atoms with Crippen molar-refractivity contribution < 1.29 is 18.7 Å². The Balaban J connectivity index is 1.89. The molecule has 0 saturated heterocycles. The van der Waals surface area contributed by atoms with Crippen LogP contribution in [0.1, 0.15) is 17.4 Å². The Morgan fingerprint density at radius 2 is 1.83 bits per heavy atom. The molecule has 2 N–H and O–H groups in total. The number of ether oxygens (including phenoxy) is 1. The van der Waals surface area contributed by atoms with E-state index in [4.69, 9.17) is 0 Å². The molecule has 7 heteroatoms. The first-order valence-electron chi connectivity index (χ1n) is 9.04. The number of hydrogen-bond donors (Lipinski definition) is 2. The maximum absolute atomic E-state index is 13.4. The zero-order chi connectivity index (χ0) is 20.5. The smallest absolute Gasteiger partial charge is 0.328 e. The van der Waals surface area contributed by atoms with Gasteiger partial charge in [-0.25, -0.2) is 14.2 Å². The van der Waals surface area contributed by atoms with Gasteiger partial charge in [0.25, 0.3) is 5.91 Å². The number of H-pyrrole nitrogens is 1. The Labute approximate surface area is 165 Å². The number of halogens is 1. The summed E-state index contributed by atoms with van der Waals surface area (Å²) in [6, 6.07) is 14.5. The van der Waals surface area contributed by atoms with E-state index in [1.807, 2.05) is 24.3 Å². The van der Waals surface area contributed by atoms with Crippen molar-refractivity contribution in [3.63, 3.8) is 0 Å². The van der Waals surface area contributed by atoms with Gasteiger partial charge in [0.15, 0.2) is 0 Å². The van der Waals surface area contributed by atoms with Crippen LogP contribution in [0.15, 0.2) is 54.6 Å². The lowest BCUT2D eigenvalue weighted by Crippen LogP contribution is -2.39. The topological polar surface area (TPSA) is 84.1 Å². The SMILES string of the molecule is COC(=O)C(C)NC(=O)c1cc2c([nH]c3ccccc32)c(-c2ccc(F)cc2)n1. The summed E-state index contributed by atoms with van der Waals surface area (Å²) in [5, 5.41) is 4.34. The van der Waals surface area contributed by atoms with Crippen molar-refractivity contribution in [2.24, 2.45) is 0 Å². The second-order valence-corrected chi connectivity index (χ2v) is 6.67. The first kappa shape index (κ1) is 18.6. The zero-order valence-corrected chi connectivity index (χ0v) is 15.8. The number of amides is 1. The summed E-state index contributed by atoms with van der Waals surface area (Å²) in [6.07, 6.45) is 0. The predicted octanol–water partition coefficient (Wildman–Crippen LogP) is 3.81. The number of fused-ring (bicyclic) bond motifs is 3. The van der Waals surface area contributed by atoms with Gasteiger partial charge in [-0.15, -0.1) is 0 Å². The molecule has 6 nitrogen and oxygen atoms in total. The molecule has 0 radical (unpaired) electrons. The number of nitrogens with one attached hydrogen (secondary N) is 2. The van der Waals surface area contributed by atoms with E-state index in [-0.39, 0.29) is 11.5 Å². The standard InChI is InChI=1S/C22H18FN3O3/c1-12(22(28)29-2)24-21(27)18-11-16-15-5-3-4-6-17(15)25-20(16)19(26-18)13-7-9-14(23)10-8-13/h3-12,25H,1-2H3,(H,24,27). The number of pyridine rings is 1. The molecule has 2 aromatic carbocycles. The Bertz CT molecular complexity index is 1230. The van der Waals surface area contributed by atoms with Crippen LogP contribution in [-0.2, 0) is 9.53 Å². The number of esters is 1. The lowest BCUT2D eigenvalue weighted by Gasteiger charge is -2.12. The summed E-state index contributed by atoms with van der Waals surface area (Å²) >= 11 is 0. The molecule has 146 valence electrons. The first-order valence-corrected chi connectivity index (χ1v) is 9.04. The van der Waals surface area contributed by atoms with E-state index in [1.165, 1.54) is 26.2 Å². The van der Waals surface area contributed by atoms with Crippen molar-refractivity contribution in [1.29, 1.82) is 0 Å². The quantitative estimate of drug-likeness (QED) is 0.518. The summed E-state index contributed by atoms with van der Waals surface area (Å²) in [5.74, 6) is -1.41. The number of aromatic amines is 1. The first-order chi connectivity index (χ1) is 14.0. The van der Waals surface area contributed by atoms with E-state index in [9.17, 15) is 14.0 Å². The van der Waals surface area contributed by atoms with Gasteiger partial charge in [0.1, 0.15) is 17.6 Å². The third-order valence-electron chi connectivity index (χ3n) is 4.75. The van der Waals surface area contributed by atoms with Crippen LogP contribution in [0.4, 0.5) is 4.39 Å². The normalized spacial score (nSPS) is 12.1. The van der Waals surface area contributed by atoms with Crippen LogP contribution in [0.5, 0.6) is 0 Å². The molecule has 0 bridgehead atoms. The molecule has 2 aromatic heterocycles. The Morgan fingerprint density at radius 3 is 2.55 bits per heavy atom. The maximum Gasteiger partial charge on any atom is 0.328 e. The number of benzene rings is 2. The van der Waals surface area contributed by atoms with Crippen molar-refractivity contribution >= 4 is 33.7 Å². The molecule has 4 aromatic rings. The lowest BCUT2D eigenvalue weighted by atomic mass is 10.1. The third-order valence-corrected chi connectivity index (χ3v) is 4.75. The van der Waals surface area contributed by atoms with Crippen LogP contribution in [0.25, 0.3) is 33.1 Å². The molecule has 0 aliphatic heterocycles. The molecular formula is C22H18FN3O3. The highest BCUT2D eigenvalue weighted by Gasteiger charge is 2.21. The van der Waals surface area contributed by atoms with Gasteiger partial charge in [-0.05, 0) is 43.3 Å². The molecule has 0 aliphatic rings. The van der Waals surface area contributed by atoms with Crippen LogP contribution in [-0.4, -0.2) is 35.0 Å². The highest BCUT2D eigenvalue weighted by atomic mass is 19.1. The molecule has 0 aliphatic carbocycles. The second-order valence-electron chi connectivity index (χ2n) is 6.67. The van der Waals surface area contributed by atoms with Gasteiger partial charge in [0, 0.05) is 21.9 Å². The summed E-state index contributed by atoms with van der Waals surface area (Å²) in [7, 11) is 1.26. The van der Waals surface area contributed by atoms with Gasteiger partial charge in [-0.1, -0.05) is 18.2 Å². The molecule has 2 heterocycles. The van der Waals surface area contributed by atoms with Gasteiger partial charge >= 0.3 is 5.97 Å². The lowest BCUT2D eigenvalue weighted by molar-refractivity contribution is -0.142. The molecular weight excluding hydrogens is 373 g/mol. The number of nitrogens with zero attached hydrogens (tertiary/aromatic N) is 1. The second kappa shape index (κ2) is 7.35. The number of rotatable bonds is 4. The van der Waals surface area contributed by atoms with E-state index >= 15 is 0 Å². The third kappa shape index (κ3) is 3.42. The minimum absolute atomic E-state index is 0.150. The van der Waals surface area contributed by atoms with Crippen LogP contribution in [0, 0.1) is 5.82 Å². The van der Waals surface area contributed by atoms with Gasteiger partial charge in [0.05, 0.1) is 18.3 Å². The molecule has 1 amide bonds. The molecule has 4 rings (SSSR count). The van der Waals surface area contributed by atoms with E-state index in [1.54, 1.807) is 18.2 Å². The average Bonchev–Trinajstić information content (AvgIpc) is 3.11. The van der Waals surface area contributed by atoms with Gasteiger partial charge < -0.3 is 15.0 Å². The van der Waals surface area contributed by atoms with E-state index in [0.717, 1.165) is 21.8 Å². The van der Waals surface area contributed by atoms with Crippen LogP contribution in [0.3, 0.4) is 0 Å². The molecule has 1 unspecified atom stereocenters. The Morgan fingerprint density at radius 1 is 1.10 bits per heavy atom. The summed E-state index contributed by atoms with van der Waals surface area (Å²) in [5.41, 5.74) is 2.98. The fourth-order valence-electron chi connectivity index (χ4n) is 3.28. The number of hydrogen-bond acceptors (Lipinski definition) is 4. The van der Waals surface area contributed by atoms with Crippen LogP contribution in [0.2, 0.25) is 0 Å². The molecule has 0 fully saturated rings. The van der Waals surface area contributed by atoms with Crippen LogP contribution < -0.4 is 5.32 Å². The van der Waals surface area contributed by atoms with Crippen molar-refractivity contribution in [3.05, 3.63) is 66.1 Å². The predicted molar refractivity (Wildman–Crippen MR) is 108 cm³/mol. The molecule has 0 spiro atoms. The minimum Gasteiger partial charge on any atom is -0.467 e. The maximum atomic E-state index is 13.4. The van der Waals surface area contributed by atoms with E-state index in [0.29, 0.717) is 11.3 Å². The summed E-state index contributed by atoms with van der Waals surface area (Å²) < 4.78 is 18.1. The highest BCUT2D eigenvalue weighted by molar-refractivity contribution is 6.13.